The average Bonchev–Trinajstić information content (AvgIpc) is 2.59. The topological polar surface area (TPSA) is 68.3 Å². The molecule has 0 atom stereocenters. The second kappa shape index (κ2) is 3.10. The zero-order chi connectivity index (χ0) is 10.1. The van der Waals surface area contributed by atoms with Crippen molar-refractivity contribution < 1.29 is 14.3 Å². The van der Waals surface area contributed by atoms with E-state index in [0.29, 0.717) is 12.2 Å². The Morgan fingerprint density at radius 1 is 1.57 bits per heavy atom. The van der Waals surface area contributed by atoms with E-state index in [9.17, 15) is 9.59 Å². The van der Waals surface area contributed by atoms with E-state index in [-0.39, 0.29) is 11.6 Å². The van der Waals surface area contributed by atoms with Crippen LogP contribution in [0.1, 0.15) is 26.5 Å². The lowest BCUT2D eigenvalue weighted by Gasteiger charge is -1.99. The number of carbonyl (C=O) groups is 2. The van der Waals surface area contributed by atoms with E-state index in [1.807, 2.05) is 0 Å². The van der Waals surface area contributed by atoms with Crippen molar-refractivity contribution in [1.29, 1.82) is 0 Å². The maximum atomic E-state index is 11.2. The molecule has 1 N–H and O–H groups in total. The largest absolute Gasteiger partial charge is 0.464 e. The van der Waals surface area contributed by atoms with Crippen LogP contribution >= 0.6 is 0 Å². The molecule has 5 heteroatoms. The number of pyridine rings is 1. The molecule has 72 valence electrons. The van der Waals surface area contributed by atoms with Crippen molar-refractivity contribution in [2.75, 3.05) is 7.11 Å². The van der Waals surface area contributed by atoms with Gasteiger partial charge in [-0.15, -0.1) is 0 Å². The highest BCUT2D eigenvalue weighted by molar-refractivity contribution is 5.98. The minimum absolute atomic E-state index is 0.156. The summed E-state index contributed by atoms with van der Waals surface area (Å²) in [6, 6.07) is 3.25. The van der Waals surface area contributed by atoms with E-state index >= 15 is 0 Å². The van der Waals surface area contributed by atoms with Gasteiger partial charge in [0.2, 0.25) is 0 Å². The summed E-state index contributed by atoms with van der Waals surface area (Å²) in [5.74, 6) is -0.779. The van der Waals surface area contributed by atoms with Gasteiger partial charge in [-0.25, -0.2) is 9.78 Å². The summed E-state index contributed by atoms with van der Waals surface area (Å²) in [6.45, 7) is 0.475. The maximum Gasteiger partial charge on any atom is 0.356 e. The molecule has 5 nitrogen and oxygen atoms in total. The van der Waals surface area contributed by atoms with Crippen LogP contribution in [0.3, 0.4) is 0 Å². The minimum atomic E-state index is -0.535. The van der Waals surface area contributed by atoms with Gasteiger partial charge in [0.25, 0.3) is 5.91 Å². The SMILES string of the molecule is COC(=O)c1ccc2c(n1)C(=O)NC2. The first-order chi connectivity index (χ1) is 6.72. The number of aromatic nitrogens is 1. The van der Waals surface area contributed by atoms with Gasteiger partial charge in [0.05, 0.1) is 7.11 Å². The molecule has 1 aliphatic heterocycles. The Labute approximate surface area is 80.1 Å². The molecule has 0 radical (unpaired) electrons. The first kappa shape index (κ1) is 8.68. The first-order valence-electron chi connectivity index (χ1n) is 4.09. The van der Waals surface area contributed by atoms with Gasteiger partial charge in [0, 0.05) is 12.1 Å². The highest BCUT2D eigenvalue weighted by atomic mass is 16.5. The van der Waals surface area contributed by atoms with Crippen molar-refractivity contribution in [2.45, 2.75) is 6.54 Å². The Bertz CT molecular complexity index is 415. The van der Waals surface area contributed by atoms with E-state index in [1.54, 1.807) is 12.1 Å². The van der Waals surface area contributed by atoms with Crippen LogP contribution < -0.4 is 5.32 Å². The van der Waals surface area contributed by atoms with Gasteiger partial charge in [-0.05, 0) is 6.07 Å². The number of amides is 1. The van der Waals surface area contributed by atoms with Crippen LogP contribution in [-0.2, 0) is 11.3 Å². The van der Waals surface area contributed by atoms with Crippen LogP contribution in [0.5, 0.6) is 0 Å². The molecule has 0 saturated carbocycles. The van der Waals surface area contributed by atoms with Crippen molar-refractivity contribution in [1.82, 2.24) is 10.3 Å². The number of nitrogens with zero attached hydrogens (tertiary/aromatic N) is 1. The predicted octanol–water partition coefficient (Wildman–Crippen LogP) is 0.112. The monoisotopic (exact) mass is 192 g/mol. The summed E-state index contributed by atoms with van der Waals surface area (Å²) < 4.78 is 4.50. The number of hydrogen-bond acceptors (Lipinski definition) is 4. The van der Waals surface area contributed by atoms with E-state index in [1.165, 1.54) is 7.11 Å². The fraction of sp³-hybridized carbons (Fsp3) is 0.222. The molecule has 0 aliphatic carbocycles. The number of rotatable bonds is 1. The van der Waals surface area contributed by atoms with Crippen molar-refractivity contribution in [3.8, 4) is 0 Å². The molecule has 1 aliphatic rings. The van der Waals surface area contributed by atoms with Crippen molar-refractivity contribution in [2.24, 2.45) is 0 Å². The summed E-state index contributed by atoms with van der Waals surface area (Å²) in [5.41, 5.74) is 1.28. The molecule has 1 amide bonds. The molecule has 0 bridgehead atoms. The third-order valence-corrected chi connectivity index (χ3v) is 2.03. The Balaban J connectivity index is 2.44. The van der Waals surface area contributed by atoms with E-state index in [2.05, 4.69) is 15.0 Å². The van der Waals surface area contributed by atoms with Gasteiger partial charge in [-0.1, -0.05) is 6.07 Å². The number of methoxy groups -OCH3 is 1. The summed E-state index contributed by atoms with van der Waals surface area (Å²) in [4.78, 5) is 26.2. The van der Waals surface area contributed by atoms with E-state index in [4.69, 9.17) is 0 Å². The second-order valence-corrected chi connectivity index (χ2v) is 2.88. The van der Waals surface area contributed by atoms with Gasteiger partial charge in [0.15, 0.2) is 0 Å². The van der Waals surface area contributed by atoms with Crippen LogP contribution in [0.4, 0.5) is 0 Å². The lowest BCUT2D eigenvalue weighted by atomic mass is 10.2. The third kappa shape index (κ3) is 1.22. The molecule has 0 saturated heterocycles. The standard InChI is InChI=1S/C9H8N2O3/c1-14-9(13)6-3-2-5-4-10-8(12)7(5)11-6/h2-3H,4H2,1H3,(H,10,12). The molecular weight excluding hydrogens is 184 g/mol. The Kier molecular flexibility index (Phi) is 1.92. The average molecular weight is 192 g/mol. The van der Waals surface area contributed by atoms with Crippen molar-refractivity contribution >= 4 is 11.9 Å². The molecule has 1 aromatic rings. The normalized spacial score (nSPS) is 13.4. The van der Waals surface area contributed by atoms with Gasteiger partial charge in [-0.3, -0.25) is 4.79 Å². The third-order valence-electron chi connectivity index (χ3n) is 2.03. The van der Waals surface area contributed by atoms with Crippen LogP contribution in [0.25, 0.3) is 0 Å². The smallest absolute Gasteiger partial charge is 0.356 e. The van der Waals surface area contributed by atoms with Crippen LogP contribution in [0.2, 0.25) is 0 Å². The molecule has 2 rings (SSSR count). The number of fused-ring (bicyclic) bond motifs is 1. The van der Waals surface area contributed by atoms with E-state index in [0.717, 1.165) is 5.56 Å². The molecule has 0 fully saturated rings. The summed E-state index contributed by atoms with van der Waals surface area (Å²) in [7, 11) is 1.28. The van der Waals surface area contributed by atoms with Gasteiger partial charge in [-0.2, -0.15) is 0 Å². The molecule has 0 unspecified atom stereocenters. The number of esters is 1. The zero-order valence-corrected chi connectivity index (χ0v) is 7.53. The van der Waals surface area contributed by atoms with Crippen LogP contribution in [0.15, 0.2) is 12.1 Å². The highest BCUT2D eigenvalue weighted by Crippen LogP contribution is 2.13. The summed E-state index contributed by atoms with van der Waals surface area (Å²) in [6.07, 6.45) is 0. The number of hydrogen-bond donors (Lipinski definition) is 1. The molecule has 0 aromatic carbocycles. The van der Waals surface area contributed by atoms with E-state index < -0.39 is 5.97 Å². The van der Waals surface area contributed by atoms with Crippen molar-refractivity contribution in [3.05, 3.63) is 29.1 Å². The molecule has 14 heavy (non-hydrogen) atoms. The van der Waals surface area contributed by atoms with Gasteiger partial charge >= 0.3 is 5.97 Å². The Hall–Kier alpha value is -1.91. The van der Waals surface area contributed by atoms with Crippen LogP contribution in [-0.4, -0.2) is 24.0 Å². The fourth-order valence-corrected chi connectivity index (χ4v) is 1.30. The number of ether oxygens (including phenoxy) is 1. The first-order valence-corrected chi connectivity index (χ1v) is 4.09. The lowest BCUT2D eigenvalue weighted by molar-refractivity contribution is 0.0594. The molecule has 0 spiro atoms. The van der Waals surface area contributed by atoms with Crippen molar-refractivity contribution in [3.63, 3.8) is 0 Å². The lowest BCUT2D eigenvalue weighted by Crippen LogP contribution is -2.14. The fourth-order valence-electron chi connectivity index (χ4n) is 1.30. The predicted molar refractivity (Wildman–Crippen MR) is 46.7 cm³/mol. The van der Waals surface area contributed by atoms with Crippen LogP contribution in [0, 0.1) is 0 Å². The maximum absolute atomic E-state index is 11.2. The minimum Gasteiger partial charge on any atom is -0.464 e. The molecular formula is C9H8N2O3. The summed E-state index contributed by atoms with van der Waals surface area (Å²) >= 11 is 0. The zero-order valence-electron chi connectivity index (χ0n) is 7.53. The Morgan fingerprint density at radius 3 is 3.07 bits per heavy atom. The quantitative estimate of drug-likeness (QED) is 0.641. The summed E-state index contributed by atoms with van der Waals surface area (Å²) in [5, 5.41) is 2.62. The highest BCUT2D eigenvalue weighted by Gasteiger charge is 2.22. The number of nitrogens with one attached hydrogen (secondary N) is 1. The number of carbonyl (C=O) groups excluding carboxylic acids is 2. The molecule has 1 aromatic heterocycles. The van der Waals surface area contributed by atoms with Gasteiger partial charge in [0.1, 0.15) is 11.4 Å². The molecule has 2 heterocycles. The Morgan fingerprint density at radius 2 is 2.36 bits per heavy atom. The second-order valence-electron chi connectivity index (χ2n) is 2.88. The van der Waals surface area contributed by atoms with Gasteiger partial charge < -0.3 is 10.1 Å².